The molecule has 2 aromatic carbocycles. The molecule has 1 saturated heterocycles. The summed E-state index contributed by atoms with van der Waals surface area (Å²) >= 11 is 5.84. The molecule has 1 fully saturated rings. The minimum Gasteiger partial charge on any atom is -0.350 e. The molecule has 2 N–H and O–H groups in total. The van der Waals surface area contributed by atoms with Gasteiger partial charge in [0.05, 0.1) is 0 Å². The molecule has 1 atom stereocenters. The predicted molar refractivity (Wildman–Crippen MR) is 107 cm³/mol. The Morgan fingerprint density at radius 1 is 1.07 bits per heavy atom. The van der Waals surface area contributed by atoms with Gasteiger partial charge in [0.2, 0.25) is 5.91 Å². The number of halogens is 1. The number of nitrogens with zero attached hydrogens (tertiary/aromatic N) is 1. The highest BCUT2D eigenvalue weighted by atomic mass is 35.5. The van der Waals surface area contributed by atoms with Gasteiger partial charge in [-0.05, 0) is 43.0 Å². The molecular formula is C21H22ClN3O3. The van der Waals surface area contributed by atoms with Crippen LogP contribution in [0.3, 0.4) is 0 Å². The molecule has 3 rings (SSSR count). The molecule has 28 heavy (non-hydrogen) atoms. The lowest BCUT2D eigenvalue weighted by Gasteiger charge is -2.21. The van der Waals surface area contributed by atoms with E-state index in [4.69, 9.17) is 11.6 Å². The zero-order chi connectivity index (χ0) is 20.1. The van der Waals surface area contributed by atoms with E-state index in [0.29, 0.717) is 24.4 Å². The number of carbonyl (C=O) groups is 3. The molecule has 0 aromatic heterocycles. The lowest BCUT2D eigenvalue weighted by molar-refractivity contribution is -0.134. The summed E-state index contributed by atoms with van der Waals surface area (Å²) in [5.41, 5.74) is 0.955. The Morgan fingerprint density at radius 2 is 1.75 bits per heavy atom. The molecule has 0 spiro atoms. The summed E-state index contributed by atoms with van der Waals surface area (Å²) in [5, 5.41) is 6.06. The molecule has 146 valence electrons. The first-order valence-electron chi connectivity index (χ1n) is 9.06. The highest BCUT2D eigenvalue weighted by molar-refractivity contribution is 6.30. The van der Waals surface area contributed by atoms with Crippen molar-refractivity contribution in [2.24, 2.45) is 0 Å². The average molecular weight is 400 g/mol. The van der Waals surface area contributed by atoms with Crippen molar-refractivity contribution in [2.75, 3.05) is 6.54 Å². The van der Waals surface area contributed by atoms with E-state index in [1.165, 1.54) is 0 Å². The van der Waals surface area contributed by atoms with E-state index in [2.05, 4.69) is 10.6 Å². The topological polar surface area (TPSA) is 78.5 Å². The van der Waals surface area contributed by atoms with Crippen molar-refractivity contribution in [3.8, 4) is 0 Å². The van der Waals surface area contributed by atoms with Gasteiger partial charge in [-0.25, -0.2) is 4.79 Å². The number of hydrogen-bond acceptors (Lipinski definition) is 3. The van der Waals surface area contributed by atoms with Gasteiger partial charge in [-0.1, -0.05) is 54.1 Å². The lowest BCUT2D eigenvalue weighted by atomic mass is 9.93. The van der Waals surface area contributed by atoms with Crippen LogP contribution in [0.5, 0.6) is 0 Å². The molecule has 0 unspecified atom stereocenters. The van der Waals surface area contributed by atoms with Crippen molar-refractivity contribution in [3.63, 3.8) is 0 Å². The Hall–Kier alpha value is -2.86. The van der Waals surface area contributed by atoms with Crippen molar-refractivity contribution in [1.29, 1.82) is 0 Å². The first kappa shape index (κ1) is 19.9. The molecule has 0 radical (unpaired) electrons. The standard InChI is InChI=1S/C21H22ClN3O3/c1-21(12-11-15-5-3-2-4-6-15)19(27)25(20(28)24-21)14-18(26)23-13-16-7-9-17(22)10-8-16/h2-10H,11-14H2,1H3,(H,23,26)(H,24,28)/t21-/m0/s1. The fourth-order valence-corrected chi connectivity index (χ4v) is 3.23. The lowest BCUT2D eigenvalue weighted by Crippen LogP contribution is -2.45. The molecule has 4 amide bonds. The Balaban J connectivity index is 1.55. The number of hydrogen-bond donors (Lipinski definition) is 2. The summed E-state index contributed by atoms with van der Waals surface area (Å²) in [6.07, 6.45) is 1.12. The second-order valence-corrected chi connectivity index (χ2v) is 7.48. The molecule has 0 saturated carbocycles. The second kappa shape index (κ2) is 8.44. The van der Waals surface area contributed by atoms with E-state index in [1.54, 1.807) is 31.2 Å². The molecule has 1 heterocycles. The summed E-state index contributed by atoms with van der Waals surface area (Å²) in [7, 11) is 0. The minimum absolute atomic E-state index is 0.297. The summed E-state index contributed by atoms with van der Waals surface area (Å²) in [4.78, 5) is 38.2. The van der Waals surface area contributed by atoms with Crippen molar-refractivity contribution >= 4 is 29.4 Å². The van der Waals surface area contributed by atoms with Gasteiger partial charge in [0.15, 0.2) is 0 Å². The zero-order valence-electron chi connectivity index (χ0n) is 15.6. The molecule has 0 aliphatic carbocycles. The number of nitrogens with one attached hydrogen (secondary N) is 2. The van der Waals surface area contributed by atoms with E-state index in [0.717, 1.165) is 16.0 Å². The van der Waals surface area contributed by atoms with E-state index >= 15 is 0 Å². The smallest absolute Gasteiger partial charge is 0.325 e. The number of amides is 4. The van der Waals surface area contributed by atoms with Crippen LogP contribution in [0.1, 0.15) is 24.5 Å². The Bertz CT molecular complexity index is 870. The monoisotopic (exact) mass is 399 g/mol. The molecule has 6 nitrogen and oxygen atoms in total. The molecule has 2 aromatic rings. The van der Waals surface area contributed by atoms with Gasteiger partial charge in [-0.3, -0.25) is 14.5 Å². The molecule has 1 aliphatic heterocycles. The fraction of sp³-hybridized carbons (Fsp3) is 0.286. The maximum absolute atomic E-state index is 12.8. The maximum Gasteiger partial charge on any atom is 0.325 e. The van der Waals surface area contributed by atoms with Gasteiger partial charge in [-0.15, -0.1) is 0 Å². The number of rotatable bonds is 7. The minimum atomic E-state index is -1.01. The Kier molecular flexibility index (Phi) is 5.99. The number of urea groups is 1. The van der Waals surface area contributed by atoms with E-state index in [9.17, 15) is 14.4 Å². The normalized spacial score (nSPS) is 18.9. The number of aryl methyl sites for hydroxylation is 1. The number of imide groups is 1. The van der Waals surface area contributed by atoms with Gasteiger partial charge in [0.1, 0.15) is 12.1 Å². The van der Waals surface area contributed by atoms with Crippen LogP contribution in [-0.4, -0.2) is 34.8 Å². The summed E-state index contributed by atoms with van der Waals surface area (Å²) in [6, 6.07) is 16.3. The van der Waals surface area contributed by atoms with Gasteiger partial charge in [-0.2, -0.15) is 0 Å². The summed E-state index contributed by atoms with van der Waals surface area (Å²) in [6.45, 7) is 1.69. The average Bonchev–Trinajstić information content (AvgIpc) is 2.90. The van der Waals surface area contributed by atoms with E-state index in [1.807, 2.05) is 30.3 Å². The van der Waals surface area contributed by atoms with Crippen LogP contribution in [0.2, 0.25) is 5.02 Å². The second-order valence-electron chi connectivity index (χ2n) is 7.04. The van der Waals surface area contributed by atoms with Crippen molar-refractivity contribution in [1.82, 2.24) is 15.5 Å². The van der Waals surface area contributed by atoms with E-state index < -0.39 is 17.5 Å². The largest absolute Gasteiger partial charge is 0.350 e. The van der Waals surface area contributed by atoms with Crippen molar-refractivity contribution in [3.05, 3.63) is 70.7 Å². The van der Waals surface area contributed by atoms with Crippen LogP contribution in [0, 0.1) is 0 Å². The van der Waals surface area contributed by atoms with Crippen LogP contribution >= 0.6 is 11.6 Å². The third kappa shape index (κ3) is 4.70. The van der Waals surface area contributed by atoms with Gasteiger partial charge >= 0.3 is 6.03 Å². The summed E-state index contributed by atoms with van der Waals surface area (Å²) < 4.78 is 0. The number of carbonyl (C=O) groups excluding carboxylic acids is 3. The van der Waals surface area contributed by atoms with Crippen molar-refractivity contribution in [2.45, 2.75) is 31.8 Å². The van der Waals surface area contributed by atoms with Crippen LogP contribution in [0.25, 0.3) is 0 Å². The molecular weight excluding hydrogens is 378 g/mol. The summed E-state index contributed by atoms with van der Waals surface area (Å²) in [5.74, 6) is -0.777. The van der Waals surface area contributed by atoms with Crippen LogP contribution in [0.15, 0.2) is 54.6 Å². The zero-order valence-corrected chi connectivity index (χ0v) is 16.3. The highest BCUT2D eigenvalue weighted by Crippen LogP contribution is 2.23. The van der Waals surface area contributed by atoms with Gasteiger partial charge < -0.3 is 10.6 Å². The van der Waals surface area contributed by atoms with Crippen LogP contribution in [-0.2, 0) is 22.6 Å². The highest BCUT2D eigenvalue weighted by Gasteiger charge is 2.47. The van der Waals surface area contributed by atoms with Crippen LogP contribution in [0.4, 0.5) is 4.79 Å². The van der Waals surface area contributed by atoms with Gasteiger partial charge in [0.25, 0.3) is 5.91 Å². The predicted octanol–water partition coefficient (Wildman–Crippen LogP) is 2.90. The van der Waals surface area contributed by atoms with Gasteiger partial charge in [0, 0.05) is 11.6 Å². The first-order valence-corrected chi connectivity index (χ1v) is 9.44. The Labute approximate surface area is 168 Å². The first-order chi connectivity index (χ1) is 13.4. The molecule has 0 bridgehead atoms. The third-order valence-electron chi connectivity index (χ3n) is 4.81. The third-order valence-corrected chi connectivity index (χ3v) is 5.06. The number of benzene rings is 2. The fourth-order valence-electron chi connectivity index (χ4n) is 3.10. The quantitative estimate of drug-likeness (QED) is 0.702. The SMILES string of the molecule is C[C@@]1(CCc2ccccc2)NC(=O)N(CC(=O)NCc2ccc(Cl)cc2)C1=O. The van der Waals surface area contributed by atoms with Crippen LogP contribution < -0.4 is 10.6 Å². The molecule has 1 aliphatic rings. The molecule has 7 heteroatoms. The Morgan fingerprint density at radius 3 is 2.43 bits per heavy atom. The maximum atomic E-state index is 12.8. The van der Waals surface area contributed by atoms with Crippen molar-refractivity contribution < 1.29 is 14.4 Å². The van der Waals surface area contributed by atoms with E-state index in [-0.39, 0.29) is 12.5 Å².